The summed E-state index contributed by atoms with van der Waals surface area (Å²) in [4.78, 5) is 0. The topological polar surface area (TPSA) is 18.5 Å². The molecule has 0 saturated heterocycles. The first-order chi connectivity index (χ1) is 12.1. The Hall–Kier alpha value is -1.73. The predicted molar refractivity (Wildman–Crippen MR) is 108 cm³/mol. The molecule has 25 heavy (non-hydrogen) atoms. The molecule has 0 unspecified atom stereocenters. The van der Waals surface area contributed by atoms with E-state index in [0.717, 1.165) is 22.1 Å². The maximum Gasteiger partial charge on any atom is 0.128 e. The monoisotopic (exact) mass is 390 g/mol. The molecule has 0 fully saturated rings. The second-order valence-corrected chi connectivity index (χ2v) is 8.33. The molecule has 0 N–H and O–H groups in total. The minimum absolute atomic E-state index is 0.645. The summed E-state index contributed by atoms with van der Waals surface area (Å²) >= 11 is 12.3. The quantitative estimate of drug-likeness (QED) is 0.584. The Bertz CT molecular complexity index is 815. The molecule has 5 heteroatoms. The average molecular weight is 391 g/mol. The molecule has 0 amide bonds. The summed E-state index contributed by atoms with van der Waals surface area (Å²) in [6, 6.07) is 21.8. The molecule has 3 aromatic carbocycles. The van der Waals surface area contributed by atoms with Crippen LogP contribution in [0.3, 0.4) is 0 Å². The van der Waals surface area contributed by atoms with Gasteiger partial charge in [-0.1, -0.05) is 53.5 Å². The van der Waals surface area contributed by atoms with Crippen LogP contribution in [0.2, 0.25) is 10.0 Å². The number of methoxy groups -OCH3 is 2. The molecule has 0 aliphatic heterocycles. The zero-order chi connectivity index (χ0) is 17.8. The van der Waals surface area contributed by atoms with Gasteiger partial charge in [-0.25, -0.2) is 0 Å². The molecule has 0 heterocycles. The lowest BCUT2D eigenvalue weighted by atomic mass is 10.3. The Balaban J connectivity index is 2.25. The molecule has 0 spiro atoms. The SMILES string of the molecule is COc1cc(Cl)ccc1P(c1ccccc1)c1ccc(Cl)cc1OC. The average Bonchev–Trinajstić information content (AvgIpc) is 2.64. The third-order valence-electron chi connectivity index (χ3n) is 3.78. The van der Waals surface area contributed by atoms with Crippen LogP contribution in [0.1, 0.15) is 0 Å². The summed E-state index contributed by atoms with van der Waals surface area (Å²) in [5, 5.41) is 4.64. The molecule has 0 saturated carbocycles. The normalized spacial score (nSPS) is 10.8. The van der Waals surface area contributed by atoms with Gasteiger partial charge in [0.2, 0.25) is 0 Å². The highest BCUT2D eigenvalue weighted by Gasteiger charge is 2.23. The molecular formula is C20H17Cl2O2P. The van der Waals surface area contributed by atoms with E-state index in [1.807, 2.05) is 54.6 Å². The summed E-state index contributed by atoms with van der Waals surface area (Å²) in [5.74, 6) is 1.53. The Kier molecular flexibility index (Phi) is 5.86. The molecule has 2 nitrogen and oxygen atoms in total. The largest absolute Gasteiger partial charge is 0.496 e. The molecule has 0 aliphatic carbocycles. The lowest BCUT2D eigenvalue weighted by Gasteiger charge is -2.23. The minimum atomic E-state index is -0.891. The number of rotatable bonds is 5. The molecule has 3 aromatic rings. The first-order valence-electron chi connectivity index (χ1n) is 7.66. The third-order valence-corrected chi connectivity index (χ3v) is 6.77. The van der Waals surface area contributed by atoms with E-state index in [2.05, 4.69) is 12.1 Å². The zero-order valence-electron chi connectivity index (χ0n) is 13.9. The second-order valence-electron chi connectivity index (χ2n) is 5.30. The van der Waals surface area contributed by atoms with Crippen molar-refractivity contribution < 1.29 is 9.47 Å². The van der Waals surface area contributed by atoms with E-state index in [1.54, 1.807) is 14.2 Å². The van der Waals surface area contributed by atoms with E-state index in [4.69, 9.17) is 32.7 Å². The lowest BCUT2D eigenvalue weighted by molar-refractivity contribution is 0.417. The fourth-order valence-corrected chi connectivity index (χ4v) is 5.47. The maximum absolute atomic E-state index is 6.16. The van der Waals surface area contributed by atoms with Crippen LogP contribution in [-0.2, 0) is 0 Å². The number of ether oxygens (including phenoxy) is 2. The van der Waals surface area contributed by atoms with Gasteiger partial charge in [-0.15, -0.1) is 0 Å². The van der Waals surface area contributed by atoms with E-state index >= 15 is 0 Å². The van der Waals surface area contributed by atoms with Crippen molar-refractivity contribution in [1.29, 1.82) is 0 Å². The zero-order valence-corrected chi connectivity index (χ0v) is 16.3. The summed E-state index contributed by atoms with van der Waals surface area (Å²) in [6.45, 7) is 0. The molecule has 3 rings (SSSR count). The van der Waals surface area contributed by atoms with Crippen LogP contribution in [0, 0.1) is 0 Å². The van der Waals surface area contributed by atoms with Gasteiger partial charge in [-0.3, -0.25) is 0 Å². The van der Waals surface area contributed by atoms with Crippen LogP contribution in [-0.4, -0.2) is 14.2 Å². The highest BCUT2D eigenvalue weighted by molar-refractivity contribution is 7.80. The van der Waals surface area contributed by atoms with Gasteiger partial charge in [-0.05, 0) is 49.6 Å². The van der Waals surface area contributed by atoms with Crippen molar-refractivity contribution in [2.24, 2.45) is 0 Å². The van der Waals surface area contributed by atoms with Crippen molar-refractivity contribution >= 4 is 47.0 Å². The van der Waals surface area contributed by atoms with Crippen molar-refractivity contribution in [3.05, 3.63) is 76.8 Å². The summed E-state index contributed by atoms with van der Waals surface area (Å²) in [7, 11) is 2.43. The standard InChI is InChI=1S/C20H17Cl2O2P/c1-23-17-12-14(21)8-10-19(17)25(16-6-4-3-5-7-16)20-11-9-15(22)13-18(20)24-2/h3-13H,1-2H3. The van der Waals surface area contributed by atoms with E-state index in [-0.39, 0.29) is 0 Å². The number of benzene rings is 3. The third kappa shape index (κ3) is 3.93. The van der Waals surface area contributed by atoms with Crippen LogP contribution in [0.5, 0.6) is 11.5 Å². The first kappa shape index (κ1) is 18.1. The van der Waals surface area contributed by atoms with Gasteiger partial charge in [0, 0.05) is 20.7 Å². The molecule has 0 aliphatic rings. The number of hydrogen-bond donors (Lipinski definition) is 0. The van der Waals surface area contributed by atoms with Crippen molar-refractivity contribution in [2.75, 3.05) is 14.2 Å². The van der Waals surface area contributed by atoms with Gasteiger partial charge < -0.3 is 9.47 Å². The van der Waals surface area contributed by atoms with Gasteiger partial charge in [0.15, 0.2) is 0 Å². The van der Waals surface area contributed by atoms with Crippen molar-refractivity contribution in [2.45, 2.75) is 0 Å². The van der Waals surface area contributed by atoms with Gasteiger partial charge in [0.05, 0.1) is 14.2 Å². The van der Waals surface area contributed by atoms with Crippen LogP contribution in [0.4, 0.5) is 0 Å². The first-order valence-corrected chi connectivity index (χ1v) is 9.76. The van der Waals surface area contributed by atoms with Crippen molar-refractivity contribution in [3.8, 4) is 11.5 Å². The van der Waals surface area contributed by atoms with E-state index < -0.39 is 7.92 Å². The molecular weight excluding hydrogens is 374 g/mol. The molecule has 128 valence electrons. The van der Waals surface area contributed by atoms with Gasteiger partial charge in [0.1, 0.15) is 11.5 Å². The summed E-state index contributed by atoms with van der Waals surface area (Å²) < 4.78 is 11.2. The predicted octanol–water partition coefficient (Wildman–Crippen LogP) is 4.77. The Labute approximate surface area is 159 Å². The summed E-state index contributed by atoms with van der Waals surface area (Å²) in [5.41, 5.74) is 0. The van der Waals surface area contributed by atoms with Crippen LogP contribution in [0.25, 0.3) is 0 Å². The molecule has 0 radical (unpaired) electrons. The van der Waals surface area contributed by atoms with Crippen LogP contribution in [0.15, 0.2) is 66.7 Å². The fraction of sp³-hybridized carbons (Fsp3) is 0.100. The van der Waals surface area contributed by atoms with Crippen LogP contribution < -0.4 is 25.4 Å². The van der Waals surface area contributed by atoms with E-state index in [1.165, 1.54) is 5.30 Å². The lowest BCUT2D eigenvalue weighted by Crippen LogP contribution is -2.23. The minimum Gasteiger partial charge on any atom is -0.496 e. The van der Waals surface area contributed by atoms with E-state index in [0.29, 0.717) is 10.0 Å². The smallest absolute Gasteiger partial charge is 0.128 e. The van der Waals surface area contributed by atoms with Gasteiger partial charge >= 0.3 is 0 Å². The Morgan fingerprint density at radius 3 is 1.60 bits per heavy atom. The number of hydrogen-bond acceptors (Lipinski definition) is 2. The highest BCUT2D eigenvalue weighted by Crippen LogP contribution is 2.40. The van der Waals surface area contributed by atoms with E-state index in [9.17, 15) is 0 Å². The second kappa shape index (κ2) is 8.10. The highest BCUT2D eigenvalue weighted by atomic mass is 35.5. The molecule has 0 bridgehead atoms. The van der Waals surface area contributed by atoms with Gasteiger partial charge in [0.25, 0.3) is 0 Å². The maximum atomic E-state index is 6.16. The molecule has 0 aromatic heterocycles. The summed E-state index contributed by atoms with van der Waals surface area (Å²) in [6.07, 6.45) is 0. The van der Waals surface area contributed by atoms with Crippen molar-refractivity contribution in [3.63, 3.8) is 0 Å². The fourth-order valence-electron chi connectivity index (χ4n) is 2.66. The Morgan fingerprint density at radius 2 is 1.16 bits per heavy atom. The van der Waals surface area contributed by atoms with Gasteiger partial charge in [-0.2, -0.15) is 0 Å². The number of halogens is 2. The van der Waals surface area contributed by atoms with Crippen molar-refractivity contribution in [1.82, 2.24) is 0 Å². The molecule has 0 atom stereocenters. The Morgan fingerprint density at radius 1 is 0.680 bits per heavy atom. The van der Waals surface area contributed by atoms with Crippen LogP contribution >= 0.6 is 31.1 Å².